The number of ether oxygens (including phenoxy) is 1. The molecule has 1 heterocycles. The summed E-state index contributed by atoms with van der Waals surface area (Å²) in [6.45, 7) is 6.04. The van der Waals surface area contributed by atoms with Crippen LogP contribution in [0.4, 0.5) is 4.79 Å². The molecule has 1 unspecified atom stereocenters. The molecule has 7 nitrogen and oxygen atoms in total. The van der Waals surface area contributed by atoms with E-state index in [1.807, 2.05) is 38.1 Å². The molecule has 2 N–H and O–H groups in total. The fourth-order valence-corrected chi connectivity index (χ4v) is 5.10. The molecule has 1 aliphatic carbocycles. The molecule has 1 fully saturated rings. The maximum atomic E-state index is 12.8. The van der Waals surface area contributed by atoms with Gasteiger partial charge < -0.3 is 20.1 Å². The Hall–Kier alpha value is -3.35. The summed E-state index contributed by atoms with van der Waals surface area (Å²) in [6.07, 6.45) is 0.0576. The van der Waals surface area contributed by atoms with Crippen LogP contribution >= 0.6 is 0 Å². The quantitative estimate of drug-likeness (QED) is 0.693. The van der Waals surface area contributed by atoms with E-state index in [1.165, 1.54) is 4.90 Å². The Morgan fingerprint density at radius 3 is 2.24 bits per heavy atom. The largest absolute Gasteiger partial charge is 0.480 e. The van der Waals surface area contributed by atoms with E-state index in [2.05, 4.69) is 29.6 Å². The Kier molecular flexibility index (Phi) is 6.15. The minimum atomic E-state index is -0.997. The second-order valence-corrected chi connectivity index (χ2v) is 9.64. The van der Waals surface area contributed by atoms with Crippen molar-refractivity contribution >= 4 is 18.0 Å². The van der Waals surface area contributed by atoms with Crippen LogP contribution in [-0.2, 0) is 14.3 Å². The van der Waals surface area contributed by atoms with E-state index in [0.717, 1.165) is 22.3 Å². The Morgan fingerprint density at radius 2 is 1.67 bits per heavy atom. The molecule has 1 aliphatic heterocycles. The molecule has 1 saturated heterocycles. The van der Waals surface area contributed by atoms with Crippen molar-refractivity contribution in [1.82, 2.24) is 10.2 Å². The first-order valence-corrected chi connectivity index (χ1v) is 11.3. The molecular formula is C26H30N2O5. The molecular weight excluding hydrogens is 420 g/mol. The Balaban J connectivity index is 1.33. The number of carbonyl (C=O) groups is 3. The molecule has 2 aromatic rings. The first-order valence-electron chi connectivity index (χ1n) is 11.3. The smallest absolute Gasteiger partial charge is 0.407 e. The van der Waals surface area contributed by atoms with Crippen LogP contribution in [-0.4, -0.2) is 53.2 Å². The van der Waals surface area contributed by atoms with Crippen LogP contribution in [0.2, 0.25) is 0 Å². The molecule has 33 heavy (non-hydrogen) atoms. The summed E-state index contributed by atoms with van der Waals surface area (Å²) in [5.74, 6) is -1.31. The van der Waals surface area contributed by atoms with Crippen LogP contribution in [0.15, 0.2) is 48.5 Å². The highest BCUT2D eigenvalue weighted by Gasteiger charge is 2.47. The fourth-order valence-electron chi connectivity index (χ4n) is 5.10. The van der Waals surface area contributed by atoms with Gasteiger partial charge in [0, 0.05) is 24.9 Å². The van der Waals surface area contributed by atoms with E-state index in [1.54, 1.807) is 6.92 Å². The Bertz CT molecular complexity index is 1030. The molecule has 0 spiro atoms. The van der Waals surface area contributed by atoms with Crippen molar-refractivity contribution in [3.8, 4) is 11.1 Å². The monoisotopic (exact) mass is 450 g/mol. The van der Waals surface area contributed by atoms with Crippen molar-refractivity contribution in [2.75, 3.05) is 13.2 Å². The number of fused-ring (bicyclic) bond motifs is 3. The number of amides is 2. The van der Waals surface area contributed by atoms with E-state index in [0.29, 0.717) is 13.0 Å². The number of carboxylic acid groups (broad SMARTS) is 1. The predicted octanol–water partition coefficient (Wildman–Crippen LogP) is 4.02. The number of likely N-dealkylation sites (tertiary alicyclic amines) is 1. The minimum absolute atomic E-state index is 0.0179. The third-order valence-corrected chi connectivity index (χ3v) is 6.79. The van der Waals surface area contributed by atoms with Crippen molar-refractivity contribution in [3.63, 3.8) is 0 Å². The van der Waals surface area contributed by atoms with Gasteiger partial charge in [-0.3, -0.25) is 4.79 Å². The molecule has 2 aromatic carbocycles. The lowest BCUT2D eigenvalue weighted by Crippen LogP contribution is -2.48. The highest BCUT2D eigenvalue weighted by Crippen LogP contribution is 2.44. The predicted molar refractivity (Wildman–Crippen MR) is 124 cm³/mol. The van der Waals surface area contributed by atoms with E-state index >= 15 is 0 Å². The number of hydrogen-bond donors (Lipinski definition) is 2. The normalized spacial score (nSPS) is 19.5. The zero-order chi connectivity index (χ0) is 23.8. The van der Waals surface area contributed by atoms with E-state index in [4.69, 9.17) is 4.74 Å². The summed E-state index contributed by atoms with van der Waals surface area (Å²) in [5, 5.41) is 12.3. The number of alkyl carbamates (subject to hydrolysis) is 1. The van der Waals surface area contributed by atoms with Gasteiger partial charge in [-0.05, 0) is 41.0 Å². The average Bonchev–Trinajstić information content (AvgIpc) is 3.26. The first kappa shape index (κ1) is 22.8. The number of rotatable bonds is 6. The molecule has 0 bridgehead atoms. The van der Waals surface area contributed by atoms with Gasteiger partial charge in [0.25, 0.3) is 0 Å². The van der Waals surface area contributed by atoms with Gasteiger partial charge in [0.1, 0.15) is 12.6 Å². The van der Waals surface area contributed by atoms with Crippen molar-refractivity contribution < 1.29 is 24.2 Å². The Morgan fingerprint density at radius 1 is 1.09 bits per heavy atom. The number of hydrogen-bond acceptors (Lipinski definition) is 4. The van der Waals surface area contributed by atoms with Crippen LogP contribution < -0.4 is 5.32 Å². The summed E-state index contributed by atoms with van der Waals surface area (Å²) < 4.78 is 5.54. The van der Waals surface area contributed by atoms with Crippen LogP contribution in [0.1, 0.15) is 50.7 Å². The molecule has 0 aromatic heterocycles. The molecule has 7 heteroatoms. The number of benzene rings is 2. The van der Waals surface area contributed by atoms with Crippen LogP contribution in [0.3, 0.4) is 0 Å². The number of nitrogens with one attached hydrogen (secondary N) is 1. The van der Waals surface area contributed by atoms with Crippen molar-refractivity contribution in [1.29, 1.82) is 0 Å². The third kappa shape index (κ3) is 4.45. The molecule has 0 radical (unpaired) electrons. The summed E-state index contributed by atoms with van der Waals surface area (Å²) >= 11 is 0. The van der Waals surface area contributed by atoms with E-state index < -0.39 is 29.6 Å². The van der Waals surface area contributed by atoms with Gasteiger partial charge in [-0.1, -0.05) is 62.4 Å². The topological polar surface area (TPSA) is 95.9 Å². The lowest BCUT2D eigenvalue weighted by atomic mass is 9.85. The van der Waals surface area contributed by atoms with Gasteiger partial charge in [0.2, 0.25) is 5.91 Å². The van der Waals surface area contributed by atoms with Crippen LogP contribution in [0, 0.1) is 5.41 Å². The van der Waals surface area contributed by atoms with Crippen LogP contribution in [0.5, 0.6) is 0 Å². The zero-order valence-corrected chi connectivity index (χ0v) is 19.2. The standard InChI is InChI=1S/C26H30N2O5/c1-16(14-22(29)28-13-12-26(2,3)23(28)24(30)31)27-25(32)33-15-21-19-10-6-4-8-17(19)18-9-5-7-11-20(18)21/h4-11,16,21,23H,12-15H2,1-3H3,(H,27,32)(H,30,31)/t16-,23?/m0/s1. The third-order valence-electron chi connectivity index (χ3n) is 6.79. The molecule has 4 rings (SSSR count). The lowest BCUT2D eigenvalue weighted by Gasteiger charge is -2.29. The zero-order valence-electron chi connectivity index (χ0n) is 19.2. The van der Waals surface area contributed by atoms with Gasteiger partial charge in [-0.2, -0.15) is 0 Å². The SMILES string of the molecule is C[C@@H](CC(=O)N1CCC(C)(C)C1C(=O)O)NC(=O)OCC1c2ccccc2-c2ccccc21. The second kappa shape index (κ2) is 8.89. The molecule has 2 aliphatic rings. The summed E-state index contributed by atoms with van der Waals surface area (Å²) in [6, 6.07) is 14.9. The van der Waals surface area contributed by atoms with Crippen molar-refractivity contribution in [2.45, 2.75) is 51.6 Å². The highest BCUT2D eigenvalue weighted by atomic mass is 16.5. The summed E-state index contributed by atoms with van der Waals surface area (Å²) in [4.78, 5) is 38.3. The maximum Gasteiger partial charge on any atom is 0.407 e. The van der Waals surface area contributed by atoms with Gasteiger partial charge in [0.15, 0.2) is 0 Å². The Labute approximate surface area is 193 Å². The number of carboxylic acids is 1. The average molecular weight is 451 g/mol. The molecule has 2 atom stereocenters. The molecule has 174 valence electrons. The fraction of sp³-hybridized carbons (Fsp3) is 0.423. The van der Waals surface area contributed by atoms with E-state index in [-0.39, 0.29) is 24.9 Å². The van der Waals surface area contributed by atoms with Crippen LogP contribution in [0.25, 0.3) is 11.1 Å². The minimum Gasteiger partial charge on any atom is -0.480 e. The number of aliphatic carboxylic acids is 1. The number of carbonyl (C=O) groups excluding carboxylic acids is 2. The number of nitrogens with zero attached hydrogens (tertiary/aromatic N) is 1. The van der Waals surface area contributed by atoms with E-state index in [9.17, 15) is 19.5 Å². The summed E-state index contributed by atoms with van der Waals surface area (Å²) in [5.41, 5.74) is 4.09. The van der Waals surface area contributed by atoms with Gasteiger partial charge in [-0.15, -0.1) is 0 Å². The van der Waals surface area contributed by atoms with Gasteiger partial charge in [-0.25, -0.2) is 9.59 Å². The molecule has 2 amide bonds. The summed E-state index contributed by atoms with van der Waals surface area (Å²) in [7, 11) is 0. The van der Waals surface area contributed by atoms with Gasteiger partial charge in [0.05, 0.1) is 0 Å². The molecule has 0 saturated carbocycles. The highest BCUT2D eigenvalue weighted by molar-refractivity contribution is 5.85. The maximum absolute atomic E-state index is 12.8. The lowest BCUT2D eigenvalue weighted by molar-refractivity contribution is -0.151. The first-order chi connectivity index (χ1) is 15.7. The van der Waals surface area contributed by atoms with Crippen molar-refractivity contribution in [2.24, 2.45) is 5.41 Å². The second-order valence-electron chi connectivity index (χ2n) is 9.64. The van der Waals surface area contributed by atoms with Gasteiger partial charge >= 0.3 is 12.1 Å². The van der Waals surface area contributed by atoms with Crippen molar-refractivity contribution in [3.05, 3.63) is 59.7 Å².